The van der Waals surface area contributed by atoms with Crippen molar-refractivity contribution in [2.45, 2.75) is 58.8 Å². The fraction of sp³-hybridized carbons (Fsp3) is 0.733. The Morgan fingerprint density at radius 1 is 1.26 bits per heavy atom. The van der Waals surface area contributed by atoms with Crippen LogP contribution in [0.3, 0.4) is 0 Å². The van der Waals surface area contributed by atoms with Crippen LogP contribution in [0.15, 0.2) is 4.52 Å². The Morgan fingerprint density at radius 3 is 2.79 bits per heavy atom. The summed E-state index contributed by atoms with van der Waals surface area (Å²) in [6.45, 7) is 5.71. The highest BCUT2D eigenvalue weighted by atomic mass is 16.5. The first-order chi connectivity index (χ1) is 9.27. The average molecular weight is 264 g/mol. The van der Waals surface area contributed by atoms with Crippen molar-refractivity contribution in [3.8, 4) is 0 Å². The Hall–Kier alpha value is -1.32. The first-order valence-electron chi connectivity index (χ1n) is 7.54. The lowest BCUT2D eigenvalue weighted by atomic mass is 10.1. The zero-order valence-electron chi connectivity index (χ0n) is 12.1. The predicted molar refractivity (Wildman–Crippen MR) is 74.2 cm³/mol. The van der Waals surface area contributed by atoms with E-state index in [4.69, 9.17) is 4.52 Å². The third-order valence-electron chi connectivity index (χ3n) is 3.85. The Labute approximate surface area is 115 Å². The third-order valence-corrected chi connectivity index (χ3v) is 3.85. The van der Waals surface area contributed by atoms with Gasteiger partial charge < -0.3 is 9.42 Å². The van der Waals surface area contributed by atoms with Crippen LogP contribution in [0.25, 0.3) is 0 Å². The van der Waals surface area contributed by atoms with Gasteiger partial charge in [0.1, 0.15) is 5.76 Å². The summed E-state index contributed by atoms with van der Waals surface area (Å²) in [5.74, 6) is 0.982. The summed E-state index contributed by atoms with van der Waals surface area (Å²) in [6.07, 6.45) is 7.49. The number of hydrogen-bond donors (Lipinski definition) is 0. The number of fused-ring (bicyclic) bond motifs is 1. The molecule has 0 unspecified atom stereocenters. The maximum atomic E-state index is 12.5. The Bertz CT molecular complexity index is 426. The first-order valence-corrected chi connectivity index (χ1v) is 7.54. The van der Waals surface area contributed by atoms with Crippen molar-refractivity contribution < 1.29 is 9.32 Å². The fourth-order valence-corrected chi connectivity index (χ4v) is 2.63. The van der Waals surface area contributed by atoms with E-state index in [9.17, 15) is 4.79 Å². The van der Waals surface area contributed by atoms with Crippen molar-refractivity contribution >= 4 is 5.91 Å². The molecule has 0 spiro atoms. The van der Waals surface area contributed by atoms with Gasteiger partial charge in [-0.2, -0.15) is 0 Å². The van der Waals surface area contributed by atoms with Crippen LogP contribution in [0.2, 0.25) is 0 Å². The molecule has 19 heavy (non-hydrogen) atoms. The zero-order valence-corrected chi connectivity index (χ0v) is 12.1. The average Bonchev–Trinajstić information content (AvgIpc) is 2.68. The van der Waals surface area contributed by atoms with Gasteiger partial charge in [0.15, 0.2) is 5.69 Å². The quantitative estimate of drug-likeness (QED) is 0.767. The van der Waals surface area contributed by atoms with E-state index in [1.165, 1.54) is 6.42 Å². The number of carbonyl (C=O) groups excluding carboxylic acids is 1. The molecule has 1 aromatic rings. The number of carbonyl (C=O) groups is 1. The second-order valence-corrected chi connectivity index (χ2v) is 5.23. The lowest BCUT2D eigenvalue weighted by Crippen LogP contribution is -2.32. The molecule has 1 amide bonds. The molecular formula is C15H24N2O2. The van der Waals surface area contributed by atoms with Crippen LogP contribution < -0.4 is 0 Å². The van der Waals surface area contributed by atoms with Gasteiger partial charge >= 0.3 is 0 Å². The minimum Gasteiger partial charge on any atom is -0.360 e. The molecule has 2 rings (SSSR count). The van der Waals surface area contributed by atoms with Gasteiger partial charge in [0.25, 0.3) is 5.91 Å². The van der Waals surface area contributed by atoms with Crippen molar-refractivity contribution in [1.82, 2.24) is 10.1 Å². The number of unbranched alkanes of at least 4 members (excludes halogenated alkanes) is 1. The normalized spacial score (nSPS) is 14.8. The molecular weight excluding hydrogens is 240 g/mol. The molecule has 0 fully saturated rings. The molecule has 106 valence electrons. The van der Waals surface area contributed by atoms with Crippen molar-refractivity contribution in [2.24, 2.45) is 0 Å². The van der Waals surface area contributed by atoms with Gasteiger partial charge in [0.2, 0.25) is 0 Å². The van der Waals surface area contributed by atoms with Crippen LogP contribution in [0.5, 0.6) is 0 Å². The first kappa shape index (κ1) is 14.1. The standard InChI is InChI=1S/C15H24N2O2/c1-3-5-11-17(4-2)15(18)14-12-9-7-6-8-10-13(12)19-16-14/h3-11H2,1-2H3. The molecule has 0 radical (unpaired) electrons. The summed E-state index contributed by atoms with van der Waals surface area (Å²) in [6, 6.07) is 0. The number of aryl methyl sites for hydroxylation is 1. The highest BCUT2D eigenvalue weighted by Crippen LogP contribution is 2.24. The van der Waals surface area contributed by atoms with Gasteiger partial charge in [0, 0.05) is 25.1 Å². The molecule has 4 heteroatoms. The smallest absolute Gasteiger partial charge is 0.276 e. The minimum absolute atomic E-state index is 0.0443. The van der Waals surface area contributed by atoms with Gasteiger partial charge in [0.05, 0.1) is 0 Å². The summed E-state index contributed by atoms with van der Waals surface area (Å²) in [5.41, 5.74) is 1.63. The number of aromatic nitrogens is 1. The summed E-state index contributed by atoms with van der Waals surface area (Å²) < 4.78 is 5.39. The lowest BCUT2D eigenvalue weighted by molar-refractivity contribution is 0.0750. The van der Waals surface area contributed by atoms with Crippen LogP contribution >= 0.6 is 0 Å². The van der Waals surface area contributed by atoms with Crippen molar-refractivity contribution in [3.63, 3.8) is 0 Å². The molecule has 1 aliphatic rings. The van der Waals surface area contributed by atoms with Crippen molar-refractivity contribution in [1.29, 1.82) is 0 Å². The molecule has 0 aromatic carbocycles. The van der Waals surface area contributed by atoms with E-state index >= 15 is 0 Å². The molecule has 1 heterocycles. The lowest BCUT2D eigenvalue weighted by Gasteiger charge is -2.19. The largest absolute Gasteiger partial charge is 0.360 e. The van der Waals surface area contributed by atoms with E-state index in [1.54, 1.807) is 0 Å². The summed E-state index contributed by atoms with van der Waals surface area (Å²) in [7, 11) is 0. The van der Waals surface area contributed by atoms with Gasteiger partial charge in [-0.3, -0.25) is 4.79 Å². The highest BCUT2D eigenvalue weighted by molar-refractivity contribution is 5.93. The minimum atomic E-state index is 0.0443. The van der Waals surface area contributed by atoms with Gasteiger partial charge in [-0.05, 0) is 32.6 Å². The fourth-order valence-electron chi connectivity index (χ4n) is 2.63. The highest BCUT2D eigenvalue weighted by Gasteiger charge is 2.25. The third kappa shape index (κ3) is 3.17. The summed E-state index contributed by atoms with van der Waals surface area (Å²) >= 11 is 0. The van der Waals surface area contributed by atoms with E-state index in [-0.39, 0.29) is 5.91 Å². The molecule has 1 aromatic heterocycles. The van der Waals surface area contributed by atoms with E-state index in [0.29, 0.717) is 5.69 Å². The van der Waals surface area contributed by atoms with Gasteiger partial charge in [-0.25, -0.2) is 0 Å². The van der Waals surface area contributed by atoms with Crippen molar-refractivity contribution in [3.05, 3.63) is 17.0 Å². The Balaban J connectivity index is 2.16. The van der Waals surface area contributed by atoms with Gasteiger partial charge in [-0.1, -0.05) is 24.9 Å². The molecule has 0 saturated heterocycles. The van der Waals surface area contributed by atoms with Crippen LogP contribution in [-0.2, 0) is 12.8 Å². The predicted octanol–water partition coefficient (Wildman–Crippen LogP) is 3.21. The summed E-state index contributed by atoms with van der Waals surface area (Å²) in [4.78, 5) is 14.4. The van der Waals surface area contributed by atoms with Crippen LogP contribution in [-0.4, -0.2) is 29.1 Å². The molecule has 0 N–H and O–H groups in total. The number of hydrogen-bond acceptors (Lipinski definition) is 3. The van der Waals surface area contributed by atoms with Gasteiger partial charge in [-0.15, -0.1) is 0 Å². The van der Waals surface area contributed by atoms with Crippen molar-refractivity contribution in [2.75, 3.05) is 13.1 Å². The van der Waals surface area contributed by atoms with E-state index in [0.717, 1.165) is 62.9 Å². The Morgan fingerprint density at radius 2 is 2.05 bits per heavy atom. The number of nitrogens with zero attached hydrogens (tertiary/aromatic N) is 2. The zero-order chi connectivity index (χ0) is 13.7. The van der Waals surface area contributed by atoms with Crippen LogP contribution in [0, 0.1) is 0 Å². The number of rotatable bonds is 5. The topological polar surface area (TPSA) is 46.3 Å². The monoisotopic (exact) mass is 264 g/mol. The van der Waals surface area contributed by atoms with E-state index in [2.05, 4.69) is 12.1 Å². The Kier molecular flexibility index (Phi) is 5.00. The molecule has 0 atom stereocenters. The molecule has 0 aliphatic heterocycles. The van der Waals surface area contributed by atoms with Crippen LogP contribution in [0.1, 0.15) is 67.8 Å². The maximum Gasteiger partial charge on any atom is 0.276 e. The number of amides is 1. The summed E-state index contributed by atoms with van der Waals surface area (Å²) in [5, 5.41) is 4.05. The molecule has 1 aliphatic carbocycles. The second kappa shape index (κ2) is 6.73. The van der Waals surface area contributed by atoms with E-state index in [1.807, 2.05) is 11.8 Å². The SMILES string of the molecule is CCCCN(CC)C(=O)c1noc2c1CCCCC2. The second-order valence-electron chi connectivity index (χ2n) is 5.23. The van der Waals surface area contributed by atoms with E-state index < -0.39 is 0 Å². The maximum absolute atomic E-state index is 12.5. The van der Waals surface area contributed by atoms with Crippen LogP contribution in [0.4, 0.5) is 0 Å². The molecule has 4 nitrogen and oxygen atoms in total. The molecule has 0 bridgehead atoms. The molecule has 0 saturated carbocycles.